The van der Waals surface area contributed by atoms with Crippen molar-refractivity contribution in [3.8, 4) is 0 Å². The molecule has 0 heterocycles. The summed E-state index contributed by atoms with van der Waals surface area (Å²) in [7, 11) is 0. The monoisotopic (exact) mass is 590 g/mol. The van der Waals surface area contributed by atoms with Gasteiger partial charge in [-0.15, -0.1) is 0 Å². The molecular formula is C41H39BOS. The fourth-order valence-corrected chi connectivity index (χ4v) is 7.29. The minimum Gasteiger partial charge on any atom is -0.200 e. The Kier molecular flexibility index (Phi) is 10.7. The minimum atomic E-state index is -0.913. The topological polar surface area (TPSA) is 17.1 Å². The maximum absolute atomic E-state index is 12.3. The highest BCUT2D eigenvalue weighted by Gasteiger charge is 2.50. The molecule has 44 heavy (non-hydrogen) atoms. The van der Waals surface area contributed by atoms with E-state index in [-0.39, 0.29) is 0 Å². The maximum atomic E-state index is 12.3. The molecule has 6 rings (SSSR count). The number of unbranched alkanes of at least 4 members (excludes halogenated alkanes) is 1. The third-order valence-corrected chi connectivity index (χ3v) is 9.72. The SMILES string of the molecule is CCCC[B-](c1ccccc1)(c1ccccc1)c1ccccc1.O=[S+]C(c1ccccc1)(c1ccccc1)c1ccccc1. The van der Waals surface area contributed by atoms with Crippen LogP contribution in [0, 0.1) is 0 Å². The molecule has 0 atom stereocenters. The zero-order valence-electron chi connectivity index (χ0n) is 25.3. The minimum absolute atomic E-state index is 0.627. The lowest BCUT2D eigenvalue weighted by Crippen LogP contribution is -2.66. The van der Waals surface area contributed by atoms with E-state index in [1.165, 1.54) is 35.6 Å². The van der Waals surface area contributed by atoms with Crippen LogP contribution in [0.15, 0.2) is 182 Å². The molecule has 0 unspecified atom stereocenters. The predicted molar refractivity (Wildman–Crippen MR) is 191 cm³/mol. The normalized spacial score (nSPS) is 11.2. The van der Waals surface area contributed by atoms with Crippen molar-refractivity contribution in [2.24, 2.45) is 0 Å². The average Bonchev–Trinajstić information content (AvgIpc) is 3.12. The van der Waals surface area contributed by atoms with E-state index in [2.05, 4.69) is 97.9 Å². The molecule has 1 nitrogen and oxygen atoms in total. The van der Waals surface area contributed by atoms with Crippen LogP contribution in [0.4, 0.5) is 0 Å². The summed E-state index contributed by atoms with van der Waals surface area (Å²) in [4.78, 5) is 0. The van der Waals surface area contributed by atoms with E-state index in [1.807, 2.05) is 91.0 Å². The molecule has 0 spiro atoms. The number of hydrogen-bond acceptors (Lipinski definition) is 1. The van der Waals surface area contributed by atoms with E-state index in [9.17, 15) is 4.21 Å². The summed E-state index contributed by atoms with van der Waals surface area (Å²) in [6, 6.07) is 63.1. The summed E-state index contributed by atoms with van der Waals surface area (Å²) in [5, 5.41) is 0. The summed E-state index contributed by atoms with van der Waals surface area (Å²) in [5.74, 6) is 0. The van der Waals surface area contributed by atoms with Crippen LogP contribution in [0.3, 0.4) is 0 Å². The highest BCUT2D eigenvalue weighted by atomic mass is 32.1. The zero-order chi connectivity index (χ0) is 30.5. The van der Waals surface area contributed by atoms with Gasteiger partial charge in [-0.3, -0.25) is 0 Å². The number of rotatable bonds is 10. The molecule has 0 fully saturated rings. The Labute approximate surface area is 267 Å². The first kappa shape index (κ1) is 30.8. The molecule has 3 heteroatoms. The zero-order valence-corrected chi connectivity index (χ0v) is 26.2. The first-order valence-corrected chi connectivity index (χ1v) is 16.3. The average molecular weight is 591 g/mol. The molecular weight excluding hydrogens is 551 g/mol. The van der Waals surface area contributed by atoms with E-state index in [4.69, 9.17) is 0 Å². The molecule has 0 saturated heterocycles. The van der Waals surface area contributed by atoms with Gasteiger partial charge >= 0.3 is 16.4 Å². The molecule has 0 N–H and O–H groups in total. The van der Waals surface area contributed by atoms with Gasteiger partial charge < -0.3 is 0 Å². The first-order chi connectivity index (χ1) is 21.8. The van der Waals surface area contributed by atoms with Gasteiger partial charge in [-0.1, -0.05) is 202 Å². The summed E-state index contributed by atoms with van der Waals surface area (Å²) < 4.78 is 11.6. The largest absolute Gasteiger partial charge is 0.481 e. The van der Waals surface area contributed by atoms with E-state index < -0.39 is 10.9 Å². The Bertz CT molecular complexity index is 1480. The van der Waals surface area contributed by atoms with Gasteiger partial charge in [0.05, 0.1) is 6.15 Å². The van der Waals surface area contributed by atoms with Crippen LogP contribution in [-0.2, 0) is 20.6 Å². The summed E-state index contributed by atoms with van der Waals surface area (Å²) >= 11 is 0.627. The van der Waals surface area contributed by atoms with Gasteiger partial charge in [0, 0.05) is 20.9 Å². The summed E-state index contributed by atoms with van der Waals surface area (Å²) in [6.45, 7) is 2.28. The van der Waals surface area contributed by atoms with Crippen molar-refractivity contribution in [1.29, 1.82) is 0 Å². The van der Waals surface area contributed by atoms with Gasteiger partial charge in [0.2, 0.25) is 0 Å². The molecule has 6 aromatic rings. The van der Waals surface area contributed by atoms with E-state index in [0.717, 1.165) is 16.7 Å². The molecule has 0 aromatic heterocycles. The highest BCUT2D eigenvalue weighted by Crippen LogP contribution is 2.38. The van der Waals surface area contributed by atoms with E-state index in [1.54, 1.807) is 0 Å². The van der Waals surface area contributed by atoms with Gasteiger partial charge in [0.1, 0.15) is 0 Å². The predicted octanol–water partition coefficient (Wildman–Crippen LogP) is 8.36. The molecule has 0 radical (unpaired) electrons. The van der Waals surface area contributed by atoms with Gasteiger partial charge in [-0.05, 0) is 0 Å². The lowest BCUT2D eigenvalue weighted by atomic mass is 9.14. The number of hydrogen-bond donors (Lipinski definition) is 0. The Morgan fingerprint density at radius 2 is 0.727 bits per heavy atom. The second-order valence-corrected chi connectivity index (χ2v) is 12.1. The van der Waals surface area contributed by atoms with Crippen LogP contribution in [0.1, 0.15) is 36.5 Å². The third-order valence-electron chi connectivity index (χ3n) is 8.76. The Balaban J connectivity index is 0.000000175. The molecule has 0 aliphatic carbocycles. The fourth-order valence-electron chi connectivity index (χ4n) is 6.60. The van der Waals surface area contributed by atoms with Gasteiger partial charge in [-0.25, -0.2) is 0 Å². The van der Waals surface area contributed by atoms with E-state index in [0.29, 0.717) is 11.7 Å². The van der Waals surface area contributed by atoms with Crippen LogP contribution in [-0.4, -0.2) is 6.15 Å². The highest BCUT2D eigenvalue weighted by molar-refractivity contribution is 7.67. The second-order valence-electron chi connectivity index (χ2n) is 11.3. The molecule has 0 bridgehead atoms. The second kappa shape index (κ2) is 15.2. The molecule has 0 aliphatic rings. The Hall–Kier alpha value is -4.60. The van der Waals surface area contributed by atoms with Crippen molar-refractivity contribution in [3.63, 3.8) is 0 Å². The standard InChI is InChI=1S/C22H24B.C19H15OS/c1-2-3-19-23(20-13-7-4-8-14-20,21-15-9-5-10-16-21)22-17-11-6-12-18-22;20-21-19(16-10-4-1-5-11-16,17-12-6-2-7-13-17)18-14-8-3-9-15-18/h4-18H,2-3,19H2,1H3;1-15H/q-1;+1. The van der Waals surface area contributed by atoms with Gasteiger partial charge in [-0.2, -0.15) is 22.7 Å². The summed E-state index contributed by atoms with van der Waals surface area (Å²) in [6.07, 6.45) is 2.73. The lowest BCUT2D eigenvalue weighted by Gasteiger charge is -2.43. The molecule has 0 amide bonds. The van der Waals surface area contributed by atoms with Crippen molar-refractivity contribution < 1.29 is 4.21 Å². The third kappa shape index (κ3) is 6.49. The van der Waals surface area contributed by atoms with Crippen LogP contribution in [0.5, 0.6) is 0 Å². The van der Waals surface area contributed by atoms with Crippen molar-refractivity contribution in [1.82, 2.24) is 0 Å². The maximum Gasteiger partial charge on any atom is 0.481 e. The molecule has 218 valence electrons. The lowest BCUT2D eigenvalue weighted by molar-refractivity contribution is 0.594. The van der Waals surface area contributed by atoms with Crippen molar-refractivity contribution in [2.45, 2.75) is 30.8 Å². The van der Waals surface area contributed by atoms with Gasteiger partial charge in [0.25, 0.3) is 0 Å². The first-order valence-electron chi connectivity index (χ1n) is 15.6. The van der Waals surface area contributed by atoms with Gasteiger partial charge in [0.15, 0.2) is 0 Å². The van der Waals surface area contributed by atoms with Crippen molar-refractivity contribution in [3.05, 3.63) is 199 Å². The Morgan fingerprint density at radius 1 is 0.455 bits per heavy atom. The van der Waals surface area contributed by atoms with Crippen LogP contribution >= 0.6 is 0 Å². The van der Waals surface area contributed by atoms with Crippen LogP contribution in [0.25, 0.3) is 0 Å². The molecule has 0 aliphatic heterocycles. The van der Waals surface area contributed by atoms with Crippen LogP contribution in [0.2, 0.25) is 6.32 Å². The summed E-state index contributed by atoms with van der Waals surface area (Å²) in [5.41, 5.74) is 7.34. The quantitative estimate of drug-likeness (QED) is 0.0890. The molecule has 6 aromatic carbocycles. The van der Waals surface area contributed by atoms with Crippen LogP contribution < -0.4 is 16.4 Å². The van der Waals surface area contributed by atoms with Crippen molar-refractivity contribution in [2.75, 3.05) is 0 Å². The number of benzene rings is 6. The van der Waals surface area contributed by atoms with E-state index >= 15 is 0 Å². The smallest absolute Gasteiger partial charge is 0.200 e. The fraction of sp³-hybridized carbons (Fsp3) is 0.122. The van der Waals surface area contributed by atoms with Crippen molar-refractivity contribution >= 4 is 34.2 Å². The molecule has 0 saturated carbocycles. The Morgan fingerprint density at radius 3 is 0.977 bits per heavy atom.